The van der Waals surface area contributed by atoms with Gasteiger partial charge in [0.15, 0.2) is 6.17 Å². The van der Waals surface area contributed by atoms with E-state index < -0.39 is 6.17 Å². The summed E-state index contributed by atoms with van der Waals surface area (Å²) in [4.78, 5) is 20.8. The molecular formula is C14H21N5O. The fourth-order valence-electron chi connectivity index (χ4n) is 2.10. The molecule has 0 heterocycles. The quantitative estimate of drug-likeness (QED) is 0.345. The molecule has 0 saturated heterocycles. The predicted octanol–water partition coefficient (Wildman–Crippen LogP) is 0.770. The van der Waals surface area contributed by atoms with Gasteiger partial charge in [-0.2, -0.15) is 4.79 Å². The van der Waals surface area contributed by atoms with Crippen molar-refractivity contribution in [1.82, 2.24) is 9.80 Å². The molecule has 0 atom stereocenters. The van der Waals surface area contributed by atoms with Crippen molar-refractivity contribution in [3.8, 4) is 0 Å². The number of anilines is 1. The number of amides is 1. The van der Waals surface area contributed by atoms with Crippen molar-refractivity contribution >= 4 is 17.3 Å². The molecule has 0 aromatic heterocycles. The highest BCUT2D eigenvalue weighted by atomic mass is 16.2. The maximum Gasteiger partial charge on any atom is 0.387 e. The second-order valence-electron chi connectivity index (χ2n) is 4.99. The van der Waals surface area contributed by atoms with Gasteiger partial charge in [-0.25, -0.2) is 0 Å². The Balaban J connectivity index is 3.07. The Morgan fingerprint density at radius 1 is 1.05 bits per heavy atom. The number of hydrogen-bond acceptors (Lipinski definition) is 3. The maximum atomic E-state index is 12.5. The van der Waals surface area contributed by atoms with E-state index in [9.17, 15) is 10.3 Å². The molecule has 0 unspecified atom stereocenters. The predicted molar refractivity (Wildman–Crippen MR) is 79.6 cm³/mol. The van der Waals surface area contributed by atoms with E-state index in [1.54, 1.807) is 7.05 Å². The van der Waals surface area contributed by atoms with Gasteiger partial charge in [0, 0.05) is 12.7 Å². The van der Waals surface area contributed by atoms with E-state index in [4.69, 9.17) is 0 Å². The molecule has 0 saturated carbocycles. The Labute approximate surface area is 119 Å². The smallest absolute Gasteiger partial charge is 0.361 e. The monoisotopic (exact) mass is 275 g/mol. The molecule has 0 fully saturated rings. The highest BCUT2D eigenvalue weighted by Crippen LogP contribution is 2.13. The van der Waals surface area contributed by atoms with Gasteiger partial charge in [-0.15, -0.1) is 0 Å². The largest absolute Gasteiger partial charge is 0.387 e. The lowest BCUT2D eigenvalue weighted by atomic mass is 10.2. The molecule has 1 aromatic rings. The summed E-state index contributed by atoms with van der Waals surface area (Å²) in [7, 11) is 8.96. The second-order valence-corrected chi connectivity index (χ2v) is 4.99. The van der Waals surface area contributed by atoms with Crippen LogP contribution < -0.4 is 4.90 Å². The van der Waals surface area contributed by atoms with E-state index in [1.807, 2.05) is 68.3 Å². The summed E-state index contributed by atoms with van der Waals surface area (Å²) in [5, 5.41) is 0. The Bertz CT molecular complexity index is 498. The summed E-state index contributed by atoms with van der Waals surface area (Å²) in [5.41, 5.74) is 10.1. The minimum absolute atomic E-state index is 0.0753. The molecule has 6 heteroatoms. The minimum atomic E-state index is -0.404. The molecule has 108 valence electrons. The van der Waals surface area contributed by atoms with Crippen LogP contribution in [-0.4, -0.2) is 67.6 Å². The summed E-state index contributed by atoms with van der Waals surface area (Å²) in [6.45, 7) is 0. The van der Waals surface area contributed by atoms with E-state index in [0.717, 1.165) is 5.69 Å². The van der Waals surface area contributed by atoms with Crippen LogP contribution in [0.3, 0.4) is 0 Å². The molecule has 1 amide bonds. The summed E-state index contributed by atoms with van der Waals surface area (Å²) >= 11 is 0. The molecule has 20 heavy (non-hydrogen) atoms. The van der Waals surface area contributed by atoms with Crippen molar-refractivity contribution < 1.29 is 9.58 Å². The van der Waals surface area contributed by atoms with Gasteiger partial charge in [0.05, 0.1) is 0 Å². The lowest BCUT2D eigenvalue weighted by Crippen LogP contribution is -2.53. The van der Waals surface area contributed by atoms with Gasteiger partial charge in [-0.1, -0.05) is 18.2 Å². The third-order valence-electron chi connectivity index (χ3n) is 3.00. The van der Waals surface area contributed by atoms with Crippen LogP contribution in [0, 0.1) is 0 Å². The Morgan fingerprint density at radius 2 is 1.55 bits per heavy atom. The van der Waals surface area contributed by atoms with Crippen LogP contribution in [0.1, 0.15) is 0 Å². The van der Waals surface area contributed by atoms with Crippen LogP contribution in [0.2, 0.25) is 0 Å². The first kappa shape index (κ1) is 16.0. The van der Waals surface area contributed by atoms with E-state index >= 15 is 0 Å². The van der Waals surface area contributed by atoms with Crippen molar-refractivity contribution in [2.45, 2.75) is 6.17 Å². The van der Waals surface area contributed by atoms with Crippen LogP contribution in [0.4, 0.5) is 5.69 Å². The first-order valence-corrected chi connectivity index (χ1v) is 6.28. The van der Waals surface area contributed by atoms with Gasteiger partial charge in [-0.3, -0.25) is 14.6 Å². The summed E-state index contributed by atoms with van der Waals surface area (Å²) in [5.74, 6) is -0.342. The van der Waals surface area contributed by atoms with Gasteiger partial charge in [0.1, 0.15) is 0 Å². The molecular weight excluding hydrogens is 254 g/mol. The molecule has 0 aliphatic rings. The fraction of sp³-hybridized carbons (Fsp3) is 0.429. The Morgan fingerprint density at radius 3 is 1.95 bits per heavy atom. The number of para-hydroxylation sites is 1. The topological polar surface area (TPSA) is 63.2 Å². The first-order valence-electron chi connectivity index (χ1n) is 6.28. The second kappa shape index (κ2) is 6.96. The molecule has 0 radical (unpaired) electrons. The van der Waals surface area contributed by atoms with E-state index in [1.165, 1.54) is 4.90 Å². The van der Waals surface area contributed by atoms with Crippen LogP contribution in [0.5, 0.6) is 0 Å². The van der Waals surface area contributed by atoms with Gasteiger partial charge in [-0.05, 0) is 40.3 Å². The highest BCUT2D eigenvalue weighted by Gasteiger charge is 2.37. The average molecular weight is 275 g/mol. The summed E-state index contributed by atoms with van der Waals surface area (Å²) < 4.78 is 0. The standard InChI is InChI=1S/C14H21N5O/c1-17(2)13(18(3)4)12(16-15)14(20)19(5)11-9-7-6-8-10-11/h6-10,13H,1-5H3. The molecule has 0 aliphatic heterocycles. The number of hydrogen-bond donors (Lipinski definition) is 0. The van der Waals surface area contributed by atoms with Crippen LogP contribution in [0.25, 0.3) is 5.53 Å². The van der Waals surface area contributed by atoms with Crippen molar-refractivity contribution in [3.63, 3.8) is 0 Å². The number of nitrogens with zero attached hydrogens (tertiary/aromatic N) is 5. The molecule has 0 spiro atoms. The third-order valence-corrected chi connectivity index (χ3v) is 3.00. The SMILES string of the molecule is CN(C(=O)C(=[N+]=[N-])C(N(C)C)N(C)C)c1ccccc1. The zero-order valence-electron chi connectivity index (χ0n) is 12.6. The minimum Gasteiger partial charge on any atom is -0.361 e. The summed E-state index contributed by atoms with van der Waals surface area (Å²) in [6, 6.07) is 9.24. The average Bonchev–Trinajstić information content (AvgIpc) is 2.43. The van der Waals surface area contributed by atoms with Crippen molar-refractivity contribution in [3.05, 3.63) is 35.9 Å². The molecule has 1 rings (SSSR count). The summed E-state index contributed by atoms with van der Waals surface area (Å²) in [6.07, 6.45) is -0.404. The lowest BCUT2D eigenvalue weighted by Gasteiger charge is -2.27. The lowest BCUT2D eigenvalue weighted by molar-refractivity contribution is -0.118. The Kier molecular flexibility index (Phi) is 5.58. The zero-order valence-corrected chi connectivity index (χ0v) is 12.6. The third kappa shape index (κ3) is 3.51. The number of rotatable bonds is 5. The van der Waals surface area contributed by atoms with E-state index in [0.29, 0.717) is 0 Å². The van der Waals surface area contributed by atoms with Gasteiger partial charge in [0.25, 0.3) is 0 Å². The molecule has 1 aromatic carbocycles. The number of carbonyl (C=O) groups is 1. The highest BCUT2D eigenvalue weighted by molar-refractivity contribution is 6.43. The van der Waals surface area contributed by atoms with Crippen LogP contribution >= 0.6 is 0 Å². The van der Waals surface area contributed by atoms with Gasteiger partial charge < -0.3 is 10.4 Å². The Hall–Kier alpha value is -2.01. The maximum absolute atomic E-state index is 12.5. The zero-order chi connectivity index (χ0) is 15.3. The molecule has 0 N–H and O–H groups in total. The normalized spacial score (nSPS) is 10.8. The molecule has 0 bridgehead atoms. The van der Waals surface area contributed by atoms with Crippen molar-refractivity contribution in [2.75, 3.05) is 40.1 Å². The van der Waals surface area contributed by atoms with Crippen molar-refractivity contribution in [2.24, 2.45) is 0 Å². The number of benzene rings is 1. The van der Waals surface area contributed by atoms with Crippen LogP contribution in [-0.2, 0) is 4.79 Å². The van der Waals surface area contributed by atoms with Crippen molar-refractivity contribution in [1.29, 1.82) is 0 Å². The first-order chi connectivity index (χ1) is 9.40. The fourth-order valence-corrected chi connectivity index (χ4v) is 2.10. The number of carbonyl (C=O) groups excluding carboxylic acids is 1. The van der Waals surface area contributed by atoms with E-state index in [2.05, 4.69) is 4.79 Å². The van der Waals surface area contributed by atoms with E-state index in [-0.39, 0.29) is 11.6 Å². The van der Waals surface area contributed by atoms with Gasteiger partial charge >= 0.3 is 11.6 Å². The molecule has 6 nitrogen and oxygen atoms in total. The van der Waals surface area contributed by atoms with Gasteiger partial charge in [0.2, 0.25) is 0 Å². The van der Waals surface area contributed by atoms with Crippen LogP contribution in [0.15, 0.2) is 30.3 Å². The molecule has 0 aliphatic carbocycles.